The Morgan fingerprint density at radius 3 is 2.29 bits per heavy atom. The average molecular weight is 203 g/mol. The average Bonchev–Trinajstić information content (AvgIpc) is 2.09. The minimum Gasteiger partial charge on any atom is -0.203 e. The predicted octanol–water partition coefficient (Wildman–Crippen LogP) is 3.69. The molecule has 1 aromatic carbocycles. The molecule has 0 aliphatic rings. The molecule has 0 aromatic heterocycles. The van der Waals surface area contributed by atoms with E-state index in [2.05, 4.69) is 55.3 Å². The normalized spacial score (nSPS) is 10.2. The molecular formula is C12H13NS. The van der Waals surface area contributed by atoms with E-state index in [1.54, 1.807) is 6.20 Å². The van der Waals surface area contributed by atoms with Gasteiger partial charge in [-0.15, -0.1) is 0 Å². The second-order valence-corrected chi connectivity index (χ2v) is 3.53. The van der Waals surface area contributed by atoms with Crippen LogP contribution in [0.1, 0.15) is 22.3 Å². The van der Waals surface area contributed by atoms with Crippen LogP contribution in [0.25, 0.3) is 6.08 Å². The lowest BCUT2D eigenvalue weighted by Crippen LogP contribution is -1.87. The highest BCUT2D eigenvalue weighted by molar-refractivity contribution is 7.78. The molecule has 0 heterocycles. The van der Waals surface area contributed by atoms with E-state index in [1.807, 2.05) is 6.08 Å². The molecule has 0 fully saturated rings. The second-order valence-electron chi connectivity index (χ2n) is 3.35. The van der Waals surface area contributed by atoms with E-state index < -0.39 is 0 Å². The van der Waals surface area contributed by atoms with Gasteiger partial charge in [0.05, 0.1) is 5.16 Å². The number of benzene rings is 1. The van der Waals surface area contributed by atoms with Gasteiger partial charge in [-0.05, 0) is 55.8 Å². The molecular weight excluding hydrogens is 190 g/mol. The number of hydrogen-bond acceptors (Lipinski definition) is 2. The monoisotopic (exact) mass is 203 g/mol. The zero-order valence-electron chi connectivity index (χ0n) is 8.66. The van der Waals surface area contributed by atoms with Gasteiger partial charge in [-0.3, -0.25) is 0 Å². The third-order valence-corrected chi connectivity index (χ3v) is 2.21. The van der Waals surface area contributed by atoms with Crippen LogP contribution < -0.4 is 0 Å². The molecule has 0 aliphatic heterocycles. The number of rotatable bonds is 2. The van der Waals surface area contributed by atoms with Gasteiger partial charge in [0.2, 0.25) is 0 Å². The molecule has 0 bridgehead atoms. The van der Waals surface area contributed by atoms with Crippen molar-refractivity contribution in [3.05, 3.63) is 40.6 Å². The van der Waals surface area contributed by atoms with Crippen molar-refractivity contribution >= 4 is 23.5 Å². The Morgan fingerprint density at radius 1 is 1.21 bits per heavy atom. The first-order chi connectivity index (χ1) is 6.65. The van der Waals surface area contributed by atoms with Crippen molar-refractivity contribution in [2.75, 3.05) is 0 Å². The van der Waals surface area contributed by atoms with Crippen LogP contribution in [0, 0.1) is 20.8 Å². The Kier molecular flexibility index (Phi) is 3.75. The van der Waals surface area contributed by atoms with Gasteiger partial charge in [0, 0.05) is 6.20 Å². The Bertz CT molecular complexity index is 389. The second kappa shape index (κ2) is 4.85. The summed E-state index contributed by atoms with van der Waals surface area (Å²) in [6.45, 7) is 6.30. The zero-order valence-corrected chi connectivity index (χ0v) is 9.48. The Hall–Kier alpha value is -1.24. The summed E-state index contributed by atoms with van der Waals surface area (Å²) in [4.78, 5) is 3.76. The number of aryl methyl sites for hydroxylation is 3. The number of hydrogen-bond donors (Lipinski definition) is 0. The lowest BCUT2D eigenvalue weighted by molar-refractivity contribution is 1.30. The van der Waals surface area contributed by atoms with Gasteiger partial charge in [0.15, 0.2) is 0 Å². The maximum Gasteiger partial charge on any atom is 0.0634 e. The smallest absolute Gasteiger partial charge is 0.0634 e. The number of aliphatic imine (C=N–C) groups is 1. The summed E-state index contributed by atoms with van der Waals surface area (Å²) in [6, 6.07) is 4.32. The van der Waals surface area contributed by atoms with E-state index in [1.165, 1.54) is 22.3 Å². The third-order valence-electron chi connectivity index (χ3n) is 2.11. The minimum absolute atomic E-state index is 1.21. The first-order valence-electron chi connectivity index (χ1n) is 4.46. The highest BCUT2D eigenvalue weighted by atomic mass is 32.1. The van der Waals surface area contributed by atoms with Crippen LogP contribution in [0.5, 0.6) is 0 Å². The fraction of sp³-hybridized carbons (Fsp3) is 0.250. The molecule has 0 aliphatic carbocycles. The lowest BCUT2D eigenvalue weighted by Gasteiger charge is -2.06. The van der Waals surface area contributed by atoms with Gasteiger partial charge in [-0.25, -0.2) is 4.99 Å². The molecule has 1 rings (SSSR count). The predicted molar refractivity (Wildman–Crippen MR) is 64.7 cm³/mol. The third kappa shape index (κ3) is 2.63. The van der Waals surface area contributed by atoms with Gasteiger partial charge in [0.25, 0.3) is 0 Å². The van der Waals surface area contributed by atoms with E-state index in [0.717, 1.165) is 0 Å². The maximum absolute atomic E-state index is 4.49. The summed E-state index contributed by atoms with van der Waals surface area (Å²) in [7, 11) is 0. The van der Waals surface area contributed by atoms with Crippen molar-refractivity contribution in [1.29, 1.82) is 0 Å². The van der Waals surface area contributed by atoms with Crippen molar-refractivity contribution < 1.29 is 0 Å². The molecule has 14 heavy (non-hydrogen) atoms. The SMILES string of the molecule is Cc1cc(C)c(/C=C/N=C=S)c(C)c1. The standard InChI is InChI=1S/C12H13NS/c1-9-6-10(2)12(11(3)7-9)4-5-13-8-14/h4-7H,1-3H3/b5-4+. The fourth-order valence-electron chi connectivity index (χ4n) is 1.60. The summed E-state index contributed by atoms with van der Waals surface area (Å²) >= 11 is 4.49. The van der Waals surface area contributed by atoms with E-state index in [-0.39, 0.29) is 0 Å². The van der Waals surface area contributed by atoms with E-state index in [9.17, 15) is 0 Å². The van der Waals surface area contributed by atoms with Crippen LogP contribution in [0.15, 0.2) is 23.3 Å². The van der Waals surface area contributed by atoms with Gasteiger partial charge in [0.1, 0.15) is 0 Å². The molecule has 2 heteroatoms. The summed E-state index contributed by atoms with van der Waals surface area (Å²) in [5.41, 5.74) is 5.02. The fourth-order valence-corrected chi connectivity index (χ4v) is 1.66. The lowest BCUT2D eigenvalue weighted by atomic mass is 10.00. The summed E-state index contributed by atoms with van der Waals surface area (Å²) in [5, 5.41) is 2.31. The van der Waals surface area contributed by atoms with Crippen molar-refractivity contribution in [2.45, 2.75) is 20.8 Å². The largest absolute Gasteiger partial charge is 0.203 e. The van der Waals surface area contributed by atoms with Crippen LogP contribution in [0.4, 0.5) is 0 Å². The summed E-state index contributed by atoms with van der Waals surface area (Å²) < 4.78 is 0. The minimum atomic E-state index is 1.21. The Balaban J connectivity index is 3.14. The molecule has 0 radical (unpaired) electrons. The molecule has 0 atom stereocenters. The van der Waals surface area contributed by atoms with Crippen LogP contribution >= 0.6 is 12.2 Å². The summed E-state index contributed by atoms with van der Waals surface area (Å²) in [6.07, 6.45) is 3.64. The van der Waals surface area contributed by atoms with E-state index in [0.29, 0.717) is 0 Å². The topological polar surface area (TPSA) is 12.4 Å². The van der Waals surface area contributed by atoms with Gasteiger partial charge in [-0.1, -0.05) is 17.7 Å². The maximum atomic E-state index is 4.49. The number of thiocarbonyl (C=S) groups is 1. The molecule has 0 spiro atoms. The molecule has 1 nitrogen and oxygen atoms in total. The highest BCUT2D eigenvalue weighted by Gasteiger charge is 1.99. The quantitative estimate of drug-likeness (QED) is 0.527. The van der Waals surface area contributed by atoms with Crippen molar-refractivity contribution in [3.63, 3.8) is 0 Å². The number of isothiocyanates is 1. The van der Waals surface area contributed by atoms with E-state index in [4.69, 9.17) is 0 Å². The first kappa shape index (κ1) is 10.8. The molecule has 1 aromatic rings. The van der Waals surface area contributed by atoms with Gasteiger partial charge >= 0.3 is 0 Å². The molecule has 0 amide bonds. The van der Waals surface area contributed by atoms with Crippen LogP contribution in [-0.2, 0) is 0 Å². The Morgan fingerprint density at radius 2 is 1.79 bits per heavy atom. The molecule has 0 saturated carbocycles. The summed E-state index contributed by atoms with van der Waals surface area (Å²) in [5.74, 6) is 0. The van der Waals surface area contributed by atoms with Gasteiger partial charge in [-0.2, -0.15) is 0 Å². The van der Waals surface area contributed by atoms with Crippen molar-refractivity contribution in [2.24, 2.45) is 4.99 Å². The zero-order chi connectivity index (χ0) is 10.6. The Labute approximate surface area is 90.2 Å². The number of nitrogens with zero attached hydrogens (tertiary/aromatic N) is 1. The van der Waals surface area contributed by atoms with Crippen molar-refractivity contribution in [1.82, 2.24) is 0 Å². The highest BCUT2D eigenvalue weighted by Crippen LogP contribution is 2.17. The van der Waals surface area contributed by atoms with E-state index >= 15 is 0 Å². The molecule has 72 valence electrons. The molecule has 0 saturated heterocycles. The van der Waals surface area contributed by atoms with Gasteiger partial charge < -0.3 is 0 Å². The molecule has 0 N–H and O–H groups in total. The first-order valence-corrected chi connectivity index (χ1v) is 4.87. The van der Waals surface area contributed by atoms with Crippen molar-refractivity contribution in [3.8, 4) is 0 Å². The van der Waals surface area contributed by atoms with Crippen LogP contribution in [0.2, 0.25) is 0 Å². The van der Waals surface area contributed by atoms with Crippen LogP contribution in [0.3, 0.4) is 0 Å². The van der Waals surface area contributed by atoms with Crippen LogP contribution in [-0.4, -0.2) is 5.16 Å². The molecule has 0 unspecified atom stereocenters.